The van der Waals surface area contributed by atoms with Crippen LogP contribution in [-0.4, -0.2) is 6.04 Å². The minimum Gasteiger partial charge on any atom is -0.377 e. The van der Waals surface area contributed by atoms with E-state index in [0.29, 0.717) is 0 Å². The van der Waals surface area contributed by atoms with Crippen molar-refractivity contribution in [1.29, 1.82) is 0 Å². The summed E-state index contributed by atoms with van der Waals surface area (Å²) in [6.45, 7) is 0. The van der Waals surface area contributed by atoms with Crippen LogP contribution >= 0.6 is 0 Å². The lowest BCUT2D eigenvalue weighted by molar-refractivity contribution is 0.946. The van der Waals surface area contributed by atoms with Gasteiger partial charge in [0, 0.05) is 10.9 Å². The van der Waals surface area contributed by atoms with Gasteiger partial charge in [-0.15, -0.1) is 0 Å². The summed E-state index contributed by atoms with van der Waals surface area (Å²) >= 11 is 0. The van der Waals surface area contributed by atoms with E-state index in [2.05, 4.69) is 157 Å². The molecule has 1 aliphatic carbocycles. The van der Waals surface area contributed by atoms with Crippen LogP contribution in [0.3, 0.4) is 0 Å². The molecular formula is C42H29N. The molecule has 9 rings (SSSR count). The van der Waals surface area contributed by atoms with Gasteiger partial charge in [0.15, 0.2) is 0 Å². The van der Waals surface area contributed by atoms with Crippen LogP contribution in [0.2, 0.25) is 0 Å². The van der Waals surface area contributed by atoms with Crippen LogP contribution in [0.25, 0.3) is 65.7 Å². The van der Waals surface area contributed by atoms with Gasteiger partial charge < -0.3 is 5.32 Å². The molecule has 0 spiro atoms. The molecule has 0 aromatic heterocycles. The van der Waals surface area contributed by atoms with Crippen LogP contribution in [0, 0.1) is 0 Å². The number of allylic oxidation sites excluding steroid dienone is 2. The molecule has 202 valence electrons. The summed E-state index contributed by atoms with van der Waals surface area (Å²) in [4.78, 5) is 0. The molecule has 2 aliphatic rings. The predicted molar refractivity (Wildman–Crippen MR) is 184 cm³/mol. The molecule has 0 radical (unpaired) electrons. The van der Waals surface area contributed by atoms with Crippen LogP contribution in [0.1, 0.15) is 17.5 Å². The highest BCUT2D eigenvalue weighted by Gasteiger charge is 2.31. The minimum atomic E-state index is 0.264. The van der Waals surface area contributed by atoms with Crippen molar-refractivity contribution in [3.8, 4) is 22.3 Å². The largest absolute Gasteiger partial charge is 0.377 e. The van der Waals surface area contributed by atoms with Gasteiger partial charge in [0.1, 0.15) is 0 Å². The van der Waals surface area contributed by atoms with E-state index >= 15 is 0 Å². The van der Waals surface area contributed by atoms with Gasteiger partial charge in [-0.3, -0.25) is 0 Å². The van der Waals surface area contributed by atoms with Crippen LogP contribution in [0.5, 0.6) is 0 Å². The van der Waals surface area contributed by atoms with Gasteiger partial charge >= 0.3 is 0 Å². The number of fused-ring (bicyclic) bond motifs is 7. The van der Waals surface area contributed by atoms with Crippen LogP contribution in [-0.2, 0) is 0 Å². The number of hydrogen-bond donors (Lipinski definition) is 1. The number of hydrogen-bond acceptors (Lipinski definition) is 1. The maximum Gasteiger partial charge on any atom is 0.0561 e. The van der Waals surface area contributed by atoms with E-state index in [1.165, 1.54) is 82.5 Å². The van der Waals surface area contributed by atoms with Crippen molar-refractivity contribution in [3.63, 3.8) is 0 Å². The standard InChI is InChI=1S/C42H29N/c1-2-11-27(12-3-1)29-14-10-15-30(25-29)40-34-17-6-8-19-36(34)41(37-20-9-7-18-35(37)40)31-22-23-33-38-24-21-28-13-4-5-16-32(28)42(38)43-39(33)26-31/h1-25,39,43H,26H2. The second kappa shape index (κ2) is 9.58. The van der Waals surface area contributed by atoms with E-state index in [9.17, 15) is 0 Å². The van der Waals surface area contributed by atoms with E-state index in [0.717, 1.165) is 6.42 Å². The molecule has 1 unspecified atom stereocenters. The SMILES string of the molecule is C1=C(c2c3ccccc3c(-c3cccc(-c4ccccc4)c3)c3ccccc23)CC2Nc3c(ccc4ccccc34)C2=C1. The van der Waals surface area contributed by atoms with E-state index in [1.807, 2.05) is 0 Å². The fourth-order valence-corrected chi connectivity index (χ4v) is 7.41. The summed E-state index contributed by atoms with van der Waals surface area (Å²) < 4.78 is 0. The first-order valence-electron chi connectivity index (χ1n) is 15.1. The third kappa shape index (κ3) is 3.78. The molecule has 0 saturated carbocycles. The molecule has 0 bridgehead atoms. The van der Waals surface area contributed by atoms with E-state index in [-0.39, 0.29) is 6.04 Å². The normalized spacial score (nSPS) is 15.6. The molecule has 1 nitrogen and oxygen atoms in total. The second-order valence-corrected chi connectivity index (χ2v) is 11.7. The van der Waals surface area contributed by atoms with Crippen molar-refractivity contribution < 1.29 is 0 Å². The third-order valence-corrected chi connectivity index (χ3v) is 9.33. The van der Waals surface area contributed by atoms with Gasteiger partial charge in [-0.05, 0) is 78.4 Å². The molecule has 7 aromatic carbocycles. The maximum absolute atomic E-state index is 3.93. The smallest absolute Gasteiger partial charge is 0.0561 e. The Morgan fingerprint density at radius 1 is 0.465 bits per heavy atom. The molecule has 43 heavy (non-hydrogen) atoms. The Bertz CT molecular complexity index is 2230. The molecule has 1 heterocycles. The van der Waals surface area contributed by atoms with Gasteiger partial charge in [-0.2, -0.15) is 0 Å². The van der Waals surface area contributed by atoms with E-state index in [1.54, 1.807) is 0 Å². The highest BCUT2D eigenvalue weighted by molar-refractivity contribution is 6.19. The zero-order chi connectivity index (χ0) is 28.3. The monoisotopic (exact) mass is 547 g/mol. The Morgan fingerprint density at radius 3 is 1.81 bits per heavy atom. The van der Waals surface area contributed by atoms with Crippen molar-refractivity contribution in [2.24, 2.45) is 0 Å². The Labute approximate surface area is 251 Å². The van der Waals surface area contributed by atoms with Crippen molar-refractivity contribution in [2.75, 3.05) is 5.32 Å². The molecule has 7 aromatic rings. The minimum absolute atomic E-state index is 0.264. The molecule has 0 saturated heterocycles. The Balaban J connectivity index is 1.23. The first kappa shape index (κ1) is 24.2. The zero-order valence-electron chi connectivity index (χ0n) is 23.7. The Kier molecular flexibility index (Phi) is 5.39. The molecule has 0 fully saturated rings. The molecule has 1 atom stereocenters. The van der Waals surface area contributed by atoms with Crippen LogP contribution < -0.4 is 5.32 Å². The van der Waals surface area contributed by atoms with Crippen molar-refractivity contribution in [2.45, 2.75) is 12.5 Å². The number of nitrogens with one attached hydrogen (secondary N) is 1. The highest BCUT2D eigenvalue weighted by atomic mass is 15.0. The summed E-state index contributed by atoms with van der Waals surface area (Å²) in [5.74, 6) is 0. The summed E-state index contributed by atoms with van der Waals surface area (Å²) in [5, 5.41) is 11.7. The number of benzene rings is 7. The lowest BCUT2D eigenvalue weighted by Gasteiger charge is -2.24. The summed E-state index contributed by atoms with van der Waals surface area (Å²) in [5.41, 5.74) is 11.8. The topological polar surface area (TPSA) is 12.0 Å². The van der Waals surface area contributed by atoms with E-state index < -0.39 is 0 Å². The fourth-order valence-electron chi connectivity index (χ4n) is 7.41. The summed E-state index contributed by atoms with van der Waals surface area (Å²) in [6, 6.07) is 51.2. The lowest BCUT2D eigenvalue weighted by atomic mass is 9.81. The first-order valence-corrected chi connectivity index (χ1v) is 15.1. The molecule has 1 aliphatic heterocycles. The third-order valence-electron chi connectivity index (χ3n) is 9.33. The summed E-state index contributed by atoms with van der Waals surface area (Å²) in [7, 11) is 0. The van der Waals surface area contributed by atoms with Crippen LogP contribution in [0.15, 0.2) is 152 Å². The maximum atomic E-state index is 3.93. The van der Waals surface area contributed by atoms with Crippen molar-refractivity contribution >= 4 is 49.2 Å². The van der Waals surface area contributed by atoms with Gasteiger partial charge in [0.2, 0.25) is 0 Å². The summed E-state index contributed by atoms with van der Waals surface area (Å²) in [6.07, 6.45) is 5.69. The Morgan fingerprint density at radius 2 is 1.07 bits per heavy atom. The van der Waals surface area contributed by atoms with E-state index in [4.69, 9.17) is 0 Å². The fraction of sp³-hybridized carbons (Fsp3) is 0.0476. The molecule has 1 N–H and O–H groups in total. The van der Waals surface area contributed by atoms with Crippen LogP contribution in [0.4, 0.5) is 5.69 Å². The predicted octanol–water partition coefficient (Wildman–Crippen LogP) is 11.1. The average molecular weight is 548 g/mol. The molecule has 1 heteroatoms. The van der Waals surface area contributed by atoms with Crippen molar-refractivity contribution in [3.05, 3.63) is 163 Å². The van der Waals surface area contributed by atoms with Gasteiger partial charge in [-0.25, -0.2) is 0 Å². The highest BCUT2D eigenvalue weighted by Crippen LogP contribution is 2.48. The van der Waals surface area contributed by atoms with Crippen molar-refractivity contribution in [1.82, 2.24) is 0 Å². The Hall–Kier alpha value is -5.40. The molecule has 0 amide bonds. The zero-order valence-corrected chi connectivity index (χ0v) is 23.7. The van der Waals surface area contributed by atoms with Gasteiger partial charge in [-0.1, -0.05) is 146 Å². The first-order chi connectivity index (χ1) is 21.3. The number of rotatable bonds is 3. The number of anilines is 1. The second-order valence-electron chi connectivity index (χ2n) is 11.7. The van der Waals surface area contributed by atoms with Gasteiger partial charge in [0.05, 0.1) is 11.7 Å². The average Bonchev–Trinajstić information content (AvgIpc) is 3.46. The molecular weight excluding hydrogens is 518 g/mol. The lowest BCUT2D eigenvalue weighted by Crippen LogP contribution is -2.17. The quantitative estimate of drug-likeness (QED) is 0.217. The van der Waals surface area contributed by atoms with Gasteiger partial charge in [0.25, 0.3) is 0 Å².